The molecule has 5 nitrogen and oxygen atoms in total. The number of rotatable bonds is 3. The van der Waals surface area contributed by atoms with E-state index in [0.29, 0.717) is 11.1 Å². The fourth-order valence-electron chi connectivity index (χ4n) is 3.28. The van der Waals surface area contributed by atoms with Crippen molar-refractivity contribution in [2.24, 2.45) is 0 Å². The van der Waals surface area contributed by atoms with E-state index in [-0.39, 0.29) is 0 Å². The molecule has 0 aliphatic heterocycles. The standard InChI is InChI=1S/C19H16N4OS2/c1-10-6-8-12(9-7-10)16-22-23-19(24-16)26-18-15-13-4-3-5-14(13)25-17(15)20-11(2)21-18/h6-9H,3-5H2,1-2H3. The first-order valence-electron chi connectivity index (χ1n) is 8.54. The molecule has 1 aliphatic rings. The first kappa shape index (κ1) is 16.0. The van der Waals surface area contributed by atoms with Crippen LogP contribution in [-0.2, 0) is 12.8 Å². The van der Waals surface area contributed by atoms with Gasteiger partial charge < -0.3 is 4.42 Å². The van der Waals surface area contributed by atoms with Crippen LogP contribution in [0.4, 0.5) is 0 Å². The van der Waals surface area contributed by atoms with E-state index in [1.54, 1.807) is 11.3 Å². The minimum Gasteiger partial charge on any atom is -0.411 e. The number of benzene rings is 1. The number of aryl methyl sites for hydroxylation is 4. The first-order chi connectivity index (χ1) is 12.7. The highest BCUT2D eigenvalue weighted by Gasteiger charge is 2.23. The Balaban J connectivity index is 1.53. The van der Waals surface area contributed by atoms with Crippen LogP contribution in [0.2, 0.25) is 0 Å². The zero-order valence-electron chi connectivity index (χ0n) is 14.4. The van der Waals surface area contributed by atoms with Crippen molar-refractivity contribution in [3.8, 4) is 11.5 Å². The van der Waals surface area contributed by atoms with Crippen molar-refractivity contribution < 1.29 is 4.42 Å². The van der Waals surface area contributed by atoms with Gasteiger partial charge in [-0.15, -0.1) is 21.5 Å². The van der Waals surface area contributed by atoms with Crippen molar-refractivity contribution >= 4 is 33.3 Å². The lowest BCUT2D eigenvalue weighted by atomic mass is 10.1. The maximum Gasteiger partial charge on any atom is 0.283 e. The largest absolute Gasteiger partial charge is 0.411 e. The molecule has 7 heteroatoms. The van der Waals surface area contributed by atoms with Crippen LogP contribution in [0.3, 0.4) is 0 Å². The van der Waals surface area contributed by atoms with Gasteiger partial charge in [-0.1, -0.05) is 17.7 Å². The van der Waals surface area contributed by atoms with Gasteiger partial charge in [0, 0.05) is 15.8 Å². The summed E-state index contributed by atoms with van der Waals surface area (Å²) < 4.78 is 5.88. The predicted octanol–water partition coefficient (Wildman–Crippen LogP) is 5.00. The van der Waals surface area contributed by atoms with Crippen molar-refractivity contribution in [3.63, 3.8) is 0 Å². The highest BCUT2D eigenvalue weighted by Crippen LogP contribution is 2.42. The van der Waals surface area contributed by atoms with Crippen molar-refractivity contribution in [3.05, 3.63) is 46.1 Å². The lowest BCUT2D eigenvalue weighted by Crippen LogP contribution is -1.92. The van der Waals surface area contributed by atoms with E-state index < -0.39 is 0 Å². The Labute approximate surface area is 158 Å². The second-order valence-electron chi connectivity index (χ2n) is 6.45. The number of nitrogens with zero attached hydrogens (tertiary/aromatic N) is 4. The molecule has 0 atom stereocenters. The van der Waals surface area contributed by atoms with E-state index in [1.165, 1.54) is 39.6 Å². The van der Waals surface area contributed by atoms with Crippen LogP contribution in [0.15, 0.2) is 38.9 Å². The van der Waals surface area contributed by atoms with Crippen molar-refractivity contribution in [1.82, 2.24) is 20.2 Å². The first-order valence-corrected chi connectivity index (χ1v) is 10.2. The second kappa shape index (κ2) is 6.17. The highest BCUT2D eigenvalue weighted by molar-refractivity contribution is 7.99. The molecule has 0 spiro atoms. The third-order valence-electron chi connectivity index (χ3n) is 4.53. The maximum atomic E-state index is 5.88. The van der Waals surface area contributed by atoms with E-state index in [2.05, 4.69) is 27.1 Å². The zero-order valence-corrected chi connectivity index (χ0v) is 16.1. The molecule has 1 aliphatic carbocycles. The van der Waals surface area contributed by atoms with E-state index in [0.717, 1.165) is 34.1 Å². The Morgan fingerprint density at radius 1 is 1.04 bits per heavy atom. The number of hydrogen-bond acceptors (Lipinski definition) is 7. The molecule has 0 amide bonds. The molecule has 1 aromatic carbocycles. The molecular formula is C19H16N4OS2. The van der Waals surface area contributed by atoms with Crippen LogP contribution >= 0.6 is 23.1 Å². The summed E-state index contributed by atoms with van der Waals surface area (Å²) in [6.45, 7) is 3.99. The lowest BCUT2D eigenvalue weighted by Gasteiger charge is -2.02. The molecule has 0 unspecified atom stereocenters. The summed E-state index contributed by atoms with van der Waals surface area (Å²) in [7, 11) is 0. The number of thiophene rings is 1. The zero-order chi connectivity index (χ0) is 17.7. The third-order valence-corrected chi connectivity index (χ3v) is 6.55. The average molecular weight is 380 g/mol. The van der Waals surface area contributed by atoms with E-state index in [4.69, 9.17) is 4.42 Å². The molecule has 130 valence electrons. The smallest absolute Gasteiger partial charge is 0.283 e. The molecule has 4 aromatic rings. The van der Waals surface area contributed by atoms with E-state index in [1.807, 2.05) is 31.2 Å². The van der Waals surface area contributed by atoms with Gasteiger partial charge in [-0.3, -0.25) is 0 Å². The van der Waals surface area contributed by atoms with Gasteiger partial charge in [-0.2, -0.15) is 0 Å². The molecule has 3 aromatic heterocycles. The lowest BCUT2D eigenvalue weighted by molar-refractivity contribution is 0.465. The van der Waals surface area contributed by atoms with Gasteiger partial charge >= 0.3 is 0 Å². The van der Waals surface area contributed by atoms with Crippen LogP contribution in [0, 0.1) is 13.8 Å². The number of aromatic nitrogens is 4. The van der Waals surface area contributed by atoms with Gasteiger partial charge in [0.1, 0.15) is 15.7 Å². The molecule has 26 heavy (non-hydrogen) atoms. The summed E-state index contributed by atoms with van der Waals surface area (Å²) in [5.41, 5.74) is 3.54. The number of fused-ring (bicyclic) bond motifs is 3. The van der Waals surface area contributed by atoms with Crippen LogP contribution in [0.1, 0.15) is 28.2 Å². The van der Waals surface area contributed by atoms with Gasteiger partial charge in [0.15, 0.2) is 0 Å². The molecule has 0 N–H and O–H groups in total. The summed E-state index contributed by atoms with van der Waals surface area (Å²) in [5.74, 6) is 1.31. The van der Waals surface area contributed by atoms with E-state index in [9.17, 15) is 0 Å². The maximum absolute atomic E-state index is 5.88. The quantitative estimate of drug-likeness (QED) is 0.466. The van der Waals surface area contributed by atoms with Gasteiger partial charge in [-0.25, -0.2) is 9.97 Å². The molecule has 3 heterocycles. The average Bonchev–Trinajstić information content (AvgIpc) is 3.31. The third kappa shape index (κ3) is 2.71. The molecular weight excluding hydrogens is 364 g/mol. The fourth-order valence-corrected chi connectivity index (χ4v) is 5.52. The minimum absolute atomic E-state index is 0.512. The van der Waals surface area contributed by atoms with Crippen LogP contribution in [-0.4, -0.2) is 20.2 Å². The van der Waals surface area contributed by atoms with Crippen molar-refractivity contribution in [2.75, 3.05) is 0 Å². The normalized spacial score (nSPS) is 13.5. The van der Waals surface area contributed by atoms with Gasteiger partial charge in [0.25, 0.3) is 5.22 Å². The summed E-state index contributed by atoms with van der Waals surface area (Å²) >= 11 is 3.23. The van der Waals surface area contributed by atoms with Crippen LogP contribution in [0.25, 0.3) is 21.7 Å². The van der Waals surface area contributed by atoms with Gasteiger partial charge in [0.05, 0.1) is 0 Å². The molecule has 0 saturated carbocycles. The minimum atomic E-state index is 0.512. The molecule has 5 rings (SSSR count). The predicted molar refractivity (Wildman–Crippen MR) is 103 cm³/mol. The van der Waals surface area contributed by atoms with Gasteiger partial charge in [0.2, 0.25) is 5.89 Å². The second-order valence-corrected chi connectivity index (χ2v) is 8.48. The Hall–Kier alpha value is -2.25. The van der Waals surface area contributed by atoms with Crippen molar-refractivity contribution in [2.45, 2.75) is 43.4 Å². The Kier molecular flexibility index (Phi) is 3.79. The van der Waals surface area contributed by atoms with Crippen LogP contribution < -0.4 is 0 Å². The molecule has 0 bridgehead atoms. The topological polar surface area (TPSA) is 64.7 Å². The van der Waals surface area contributed by atoms with E-state index >= 15 is 0 Å². The molecule has 0 saturated heterocycles. The molecule has 0 radical (unpaired) electrons. The highest BCUT2D eigenvalue weighted by atomic mass is 32.2. The SMILES string of the molecule is Cc1ccc(-c2nnc(Sc3nc(C)nc4sc5c(c34)CCC5)o2)cc1. The number of hydrogen-bond donors (Lipinski definition) is 0. The Bertz CT molecular complexity index is 1110. The molecule has 0 fully saturated rings. The van der Waals surface area contributed by atoms with Crippen LogP contribution in [0.5, 0.6) is 0 Å². The summed E-state index contributed by atoms with van der Waals surface area (Å²) in [6, 6.07) is 8.07. The Morgan fingerprint density at radius 2 is 1.88 bits per heavy atom. The van der Waals surface area contributed by atoms with Crippen molar-refractivity contribution in [1.29, 1.82) is 0 Å². The fraction of sp³-hybridized carbons (Fsp3) is 0.263. The summed E-state index contributed by atoms with van der Waals surface area (Å²) in [5, 5.41) is 11.0. The summed E-state index contributed by atoms with van der Waals surface area (Å²) in [4.78, 5) is 11.8. The Morgan fingerprint density at radius 3 is 2.73 bits per heavy atom. The summed E-state index contributed by atoms with van der Waals surface area (Å²) in [6.07, 6.45) is 3.47. The van der Waals surface area contributed by atoms with Gasteiger partial charge in [-0.05, 0) is 62.6 Å². The monoisotopic (exact) mass is 380 g/mol.